The standard InChI is InChI=1S/C14H20N2O2S/c1-18-4-3-16-8-12-7-15(9-13(12)14(16)17)6-11-2-5-19-10-11/h2,5,10,12-13H,3-4,6-9H2,1H3/t12-,13-/m0/s1. The molecule has 2 fully saturated rings. The van der Waals surface area contributed by atoms with E-state index in [0.29, 0.717) is 18.4 Å². The molecule has 0 unspecified atom stereocenters. The molecule has 2 aliphatic heterocycles. The van der Waals surface area contributed by atoms with Gasteiger partial charge in [-0.15, -0.1) is 0 Å². The summed E-state index contributed by atoms with van der Waals surface area (Å²) in [6.45, 7) is 5.25. The number of nitrogens with zero attached hydrogens (tertiary/aromatic N) is 2. The van der Waals surface area contributed by atoms with Gasteiger partial charge in [-0.3, -0.25) is 9.69 Å². The van der Waals surface area contributed by atoms with Crippen LogP contribution in [0.15, 0.2) is 16.8 Å². The summed E-state index contributed by atoms with van der Waals surface area (Å²) in [7, 11) is 1.68. The Morgan fingerprint density at radius 3 is 3.00 bits per heavy atom. The van der Waals surface area contributed by atoms with Gasteiger partial charge in [-0.1, -0.05) is 0 Å². The summed E-state index contributed by atoms with van der Waals surface area (Å²) in [6, 6.07) is 2.17. The van der Waals surface area contributed by atoms with Crippen molar-refractivity contribution >= 4 is 17.2 Å². The maximum Gasteiger partial charge on any atom is 0.227 e. The number of carbonyl (C=O) groups excluding carboxylic acids is 1. The van der Waals surface area contributed by atoms with E-state index in [1.165, 1.54) is 5.56 Å². The zero-order chi connectivity index (χ0) is 13.2. The second kappa shape index (κ2) is 5.61. The Bertz CT molecular complexity index is 435. The van der Waals surface area contributed by atoms with Gasteiger partial charge in [0.25, 0.3) is 0 Å². The third-order valence-electron chi connectivity index (χ3n) is 4.15. The number of amides is 1. The van der Waals surface area contributed by atoms with Crippen molar-refractivity contribution in [2.24, 2.45) is 11.8 Å². The van der Waals surface area contributed by atoms with Crippen molar-refractivity contribution in [1.29, 1.82) is 0 Å². The zero-order valence-corrected chi connectivity index (χ0v) is 12.1. The molecule has 2 saturated heterocycles. The smallest absolute Gasteiger partial charge is 0.227 e. The number of methoxy groups -OCH3 is 1. The van der Waals surface area contributed by atoms with Crippen LogP contribution in [-0.4, -0.2) is 55.6 Å². The number of fused-ring (bicyclic) bond motifs is 1. The molecule has 1 amide bonds. The van der Waals surface area contributed by atoms with E-state index in [9.17, 15) is 4.79 Å². The molecule has 0 aliphatic carbocycles. The first-order valence-corrected chi connectivity index (χ1v) is 7.73. The number of likely N-dealkylation sites (tertiary alicyclic amines) is 2. The van der Waals surface area contributed by atoms with Gasteiger partial charge in [-0.2, -0.15) is 11.3 Å². The topological polar surface area (TPSA) is 32.8 Å². The number of rotatable bonds is 5. The first kappa shape index (κ1) is 13.1. The second-order valence-corrected chi connectivity index (χ2v) is 6.25. The molecule has 4 nitrogen and oxygen atoms in total. The molecule has 0 N–H and O–H groups in total. The summed E-state index contributed by atoms with van der Waals surface area (Å²) < 4.78 is 5.06. The van der Waals surface area contributed by atoms with Crippen LogP contribution in [0.2, 0.25) is 0 Å². The molecular formula is C14H20N2O2S. The minimum Gasteiger partial charge on any atom is -0.383 e. The lowest BCUT2D eigenvalue weighted by atomic mass is 10.0. The number of thiophene rings is 1. The minimum atomic E-state index is 0.218. The average Bonchev–Trinajstić information content (AvgIpc) is 3.08. The third-order valence-corrected chi connectivity index (χ3v) is 4.88. The van der Waals surface area contributed by atoms with E-state index in [0.717, 1.165) is 32.7 Å². The van der Waals surface area contributed by atoms with Crippen LogP contribution in [0.25, 0.3) is 0 Å². The van der Waals surface area contributed by atoms with Crippen molar-refractivity contribution in [3.63, 3.8) is 0 Å². The van der Waals surface area contributed by atoms with Crippen LogP contribution in [0, 0.1) is 11.8 Å². The van der Waals surface area contributed by atoms with Gasteiger partial charge in [0, 0.05) is 45.8 Å². The molecule has 1 aromatic heterocycles. The Kier molecular flexibility index (Phi) is 3.86. The highest BCUT2D eigenvalue weighted by Crippen LogP contribution is 2.32. The van der Waals surface area contributed by atoms with E-state index in [2.05, 4.69) is 21.7 Å². The van der Waals surface area contributed by atoms with Crippen molar-refractivity contribution in [3.05, 3.63) is 22.4 Å². The van der Waals surface area contributed by atoms with Crippen LogP contribution in [-0.2, 0) is 16.1 Å². The number of hydrogen-bond donors (Lipinski definition) is 0. The van der Waals surface area contributed by atoms with E-state index in [4.69, 9.17) is 4.74 Å². The Morgan fingerprint density at radius 1 is 1.42 bits per heavy atom. The maximum atomic E-state index is 12.3. The van der Waals surface area contributed by atoms with E-state index in [1.54, 1.807) is 18.4 Å². The second-order valence-electron chi connectivity index (χ2n) is 5.47. The molecule has 2 aliphatic rings. The fourth-order valence-corrected chi connectivity index (χ4v) is 3.87. The number of ether oxygens (including phenoxy) is 1. The van der Waals surface area contributed by atoms with Crippen molar-refractivity contribution < 1.29 is 9.53 Å². The van der Waals surface area contributed by atoms with Crippen LogP contribution in [0.4, 0.5) is 0 Å². The van der Waals surface area contributed by atoms with E-state index in [1.807, 2.05) is 4.90 Å². The summed E-state index contributed by atoms with van der Waals surface area (Å²) in [5.41, 5.74) is 1.37. The molecule has 0 bridgehead atoms. The summed E-state index contributed by atoms with van der Waals surface area (Å²) in [5, 5.41) is 4.31. The molecule has 19 heavy (non-hydrogen) atoms. The fourth-order valence-electron chi connectivity index (χ4n) is 3.21. The average molecular weight is 280 g/mol. The monoisotopic (exact) mass is 280 g/mol. The highest BCUT2D eigenvalue weighted by atomic mass is 32.1. The molecule has 3 heterocycles. The summed E-state index contributed by atoms with van der Waals surface area (Å²) in [5.74, 6) is 1.06. The molecular weight excluding hydrogens is 260 g/mol. The summed E-state index contributed by atoms with van der Waals surface area (Å²) >= 11 is 1.74. The van der Waals surface area contributed by atoms with Gasteiger partial charge >= 0.3 is 0 Å². The van der Waals surface area contributed by atoms with Gasteiger partial charge < -0.3 is 9.64 Å². The zero-order valence-electron chi connectivity index (χ0n) is 11.2. The lowest BCUT2D eigenvalue weighted by molar-refractivity contribution is -0.131. The fraction of sp³-hybridized carbons (Fsp3) is 0.643. The Morgan fingerprint density at radius 2 is 2.32 bits per heavy atom. The Hall–Kier alpha value is -0.910. The van der Waals surface area contributed by atoms with E-state index in [-0.39, 0.29) is 5.92 Å². The number of hydrogen-bond acceptors (Lipinski definition) is 4. The first-order chi connectivity index (χ1) is 9.28. The van der Waals surface area contributed by atoms with Gasteiger partial charge in [0.2, 0.25) is 5.91 Å². The van der Waals surface area contributed by atoms with Crippen LogP contribution in [0.3, 0.4) is 0 Å². The molecule has 5 heteroatoms. The van der Waals surface area contributed by atoms with Gasteiger partial charge in [0.15, 0.2) is 0 Å². The van der Waals surface area contributed by atoms with E-state index >= 15 is 0 Å². The SMILES string of the molecule is COCCN1C[C@@H]2CN(Cc3ccsc3)C[C@@H]2C1=O. The first-order valence-electron chi connectivity index (χ1n) is 6.79. The Labute approximate surface area is 118 Å². The quantitative estimate of drug-likeness (QED) is 0.814. The molecule has 3 rings (SSSR count). The van der Waals surface area contributed by atoms with Crippen LogP contribution in [0.1, 0.15) is 5.56 Å². The molecule has 104 valence electrons. The molecule has 1 aromatic rings. The molecule has 2 atom stereocenters. The van der Waals surface area contributed by atoms with Gasteiger partial charge in [-0.25, -0.2) is 0 Å². The minimum absolute atomic E-state index is 0.218. The molecule has 0 saturated carbocycles. The normalized spacial score (nSPS) is 27.2. The van der Waals surface area contributed by atoms with Crippen molar-refractivity contribution in [2.75, 3.05) is 39.9 Å². The third kappa shape index (κ3) is 2.68. The van der Waals surface area contributed by atoms with Crippen LogP contribution < -0.4 is 0 Å². The Balaban J connectivity index is 1.55. The highest BCUT2D eigenvalue weighted by Gasteiger charge is 2.45. The van der Waals surface area contributed by atoms with Gasteiger partial charge in [-0.05, 0) is 22.4 Å². The predicted octanol–water partition coefficient (Wildman–Crippen LogP) is 1.28. The number of carbonyl (C=O) groups is 1. The predicted molar refractivity (Wildman–Crippen MR) is 75.0 cm³/mol. The van der Waals surface area contributed by atoms with Crippen LogP contribution in [0.5, 0.6) is 0 Å². The highest BCUT2D eigenvalue weighted by molar-refractivity contribution is 7.07. The van der Waals surface area contributed by atoms with Crippen molar-refractivity contribution in [1.82, 2.24) is 9.80 Å². The largest absolute Gasteiger partial charge is 0.383 e. The lowest BCUT2D eigenvalue weighted by Gasteiger charge is -2.21. The molecule has 0 spiro atoms. The lowest BCUT2D eigenvalue weighted by Crippen LogP contribution is -2.34. The van der Waals surface area contributed by atoms with Crippen molar-refractivity contribution in [3.8, 4) is 0 Å². The van der Waals surface area contributed by atoms with E-state index < -0.39 is 0 Å². The molecule has 0 radical (unpaired) electrons. The van der Waals surface area contributed by atoms with Crippen molar-refractivity contribution in [2.45, 2.75) is 6.54 Å². The molecule has 0 aromatic carbocycles. The van der Waals surface area contributed by atoms with Crippen LogP contribution >= 0.6 is 11.3 Å². The van der Waals surface area contributed by atoms with Gasteiger partial charge in [0.1, 0.15) is 0 Å². The summed E-state index contributed by atoms with van der Waals surface area (Å²) in [6.07, 6.45) is 0. The van der Waals surface area contributed by atoms with Gasteiger partial charge in [0.05, 0.1) is 12.5 Å². The maximum absolute atomic E-state index is 12.3. The summed E-state index contributed by atoms with van der Waals surface area (Å²) in [4.78, 5) is 16.7.